The van der Waals surface area contributed by atoms with Crippen LogP contribution in [0.5, 0.6) is 0 Å². The van der Waals surface area contributed by atoms with Crippen molar-refractivity contribution in [2.45, 2.75) is 6.92 Å². The first kappa shape index (κ1) is 13.0. The van der Waals surface area contributed by atoms with Gasteiger partial charge in [-0.3, -0.25) is 4.79 Å². The predicted octanol–water partition coefficient (Wildman–Crippen LogP) is 1.40. The molecule has 1 amide bonds. The molecule has 1 aromatic carbocycles. The molecule has 0 heterocycles. The number of likely N-dealkylation sites (N-methyl/N-ethyl adjacent to an activating group) is 1. The summed E-state index contributed by atoms with van der Waals surface area (Å²) in [6.45, 7) is 2.07. The first-order valence-corrected chi connectivity index (χ1v) is 5.68. The van der Waals surface area contributed by atoms with E-state index in [0.717, 1.165) is 10.0 Å². The van der Waals surface area contributed by atoms with E-state index in [1.807, 2.05) is 6.92 Å². The van der Waals surface area contributed by atoms with Gasteiger partial charge in [0.2, 0.25) is 0 Å². The van der Waals surface area contributed by atoms with Crippen molar-refractivity contribution in [1.82, 2.24) is 4.90 Å². The fourth-order valence-corrected chi connectivity index (χ4v) is 1.85. The van der Waals surface area contributed by atoms with Crippen LogP contribution in [-0.2, 0) is 0 Å². The summed E-state index contributed by atoms with van der Waals surface area (Å²) in [5, 5.41) is 8.78. The Morgan fingerprint density at radius 2 is 2.19 bits per heavy atom. The van der Waals surface area contributed by atoms with Crippen LogP contribution in [0.3, 0.4) is 0 Å². The number of aliphatic hydroxyl groups excluding tert-OH is 1. The molecule has 0 radical (unpaired) electrons. The van der Waals surface area contributed by atoms with E-state index >= 15 is 0 Å². The SMILES string of the molecule is Cc1c(N)cc(Br)cc1C(=O)N(C)CCO. The monoisotopic (exact) mass is 286 g/mol. The Balaban J connectivity index is 3.08. The minimum absolute atomic E-state index is 0.0508. The maximum atomic E-state index is 12.0. The molecular weight excluding hydrogens is 272 g/mol. The van der Waals surface area contributed by atoms with Crippen LogP contribution in [0.4, 0.5) is 5.69 Å². The number of aliphatic hydroxyl groups is 1. The topological polar surface area (TPSA) is 66.6 Å². The normalized spacial score (nSPS) is 10.2. The van der Waals surface area contributed by atoms with Crippen molar-refractivity contribution in [3.63, 3.8) is 0 Å². The molecule has 0 unspecified atom stereocenters. The van der Waals surface area contributed by atoms with Gasteiger partial charge in [0.05, 0.1) is 6.61 Å². The van der Waals surface area contributed by atoms with Crippen molar-refractivity contribution >= 4 is 27.5 Å². The molecule has 3 N–H and O–H groups in total. The highest BCUT2D eigenvalue weighted by atomic mass is 79.9. The molecule has 16 heavy (non-hydrogen) atoms. The van der Waals surface area contributed by atoms with Gasteiger partial charge in [-0.25, -0.2) is 0 Å². The zero-order valence-corrected chi connectivity index (χ0v) is 10.9. The second kappa shape index (κ2) is 5.32. The fourth-order valence-electron chi connectivity index (χ4n) is 1.38. The molecule has 0 bridgehead atoms. The van der Waals surface area contributed by atoms with Crippen molar-refractivity contribution in [3.8, 4) is 0 Å². The summed E-state index contributed by atoms with van der Waals surface area (Å²) in [6.07, 6.45) is 0. The van der Waals surface area contributed by atoms with Crippen molar-refractivity contribution < 1.29 is 9.90 Å². The molecule has 0 saturated heterocycles. The summed E-state index contributed by atoms with van der Waals surface area (Å²) in [6, 6.07) is 3.50. The number of nitrogens with two attached hydrogens (primary N) is 1. The highest BCUT2D eigenvalue weighted by Gasteiger charge is 2.15. The van der Waals surface area contributed by atoms with E-state index < -0.39 is 0 Å². The van der Waals surface area contributed by atoms with E-state index in [4.69, 9.17) is 10.8 Å². The second-order valence-corrected chi connectivity index (χ2v) is 4.53. The first-order chi connectivity index (χ1) is 7.47. The van der Waals surface area contributed by atoms with E-state index in [9.17, 15) is 4.79 Å². The number of nitrogens with zero attached hydrogens (tertiary/aromatic N) is 1. The Morgan fingerprint density at radius 1 is 1.56 bits per heavy atom. The van der Waals surface area contributed by atoms with E-state index in [1.165, 1.54) is 4.90 Å². The van der Waals surface area contributed by atoms with Crippen LogP contribution >= 0.6 is 15.9 Å². The second-order valence-electron chi connectivity index (χ2n) is 3.62. The summed E-state index contributed by atoms with van der Waals surface area (Å²) in [5.74, 6) is -0.139. The van der Waals surface area contributed by atoms with Gasteiger partial charge in [-0.05, 0) is 24.6 Å². The smallest absolute Gasteiger partial charge is 0.254 e. The van der Waals surface area contributed by atoms with Gasteiger partial charge >= 0.3 is 0 Å². The van der Waals surface area contributed by atoms with Gasteiger partial charge in [-0.1, -0.05) is 15.9 Å². The molecule has 0 atom stereocenters. The minimum atomic E-state index is -0.139. The van der Waals surface area contributed by atoms with Gasteiger partial charge in [0, 0.05) is 29.3 Å². The fraction of sp³-hybridized carbons (Fsp3) is 0.364. The van der Waals surface area contributed by atoms with Gasteiger partial charge in [-0.2, -0.15) is 0 Å². The summed E-state index contributed by atoms with van der Waals surface area (Å²) in [5.41, 5.74) is 7.68. The number of hydrogen-bond acceptors (Lipinski definition) is 3. The number of benzene rings is 1. The average Bonchev–Trinajstić information content (AvgIpc) is 2.22. The maximum absolute atomic E-state index is 12.0. The highest BCUT2D eigenvalue weighted by Crippen LogP contribution is 2.23. The molecule has 0 aliphatic rings. The maximum Gasteiger partial charge on any atom is 0.254 e. The molecule has 5 heteroatoms. The Hall–Kier alpha value is -1.07. The van der Waals surface area contributed by atoms with Crippen LogP contribution in [0.2, 0.25) is 0 Å². The summed E-state index contributed by atoms with van der Waals surface area (Å²) in [7, 11) is 1.65. The minimum Gasteiger partial charge on any atom is -0.398 e. The zero-order chi connectivity index (χ0) is 12.3. The lowest BCUT2D eigenvalue weighted by molar-refractivity contribution is 0.0766. The lowest BCUT2D eigenvalue weighted by Gasteiger charge is -2.18. The molecule has 0 aliphatic heterocycles. The molecule has 4 nitrogen and oxygen atoms in total. The molecule has 1 rings (SSSR count). The Morgan fingerprint density at radius 3 is 2.75 bits per heavy atom. The van der Waals surface area contributed by atoms with E-state index in [2.05, 4.69) is 15.9 Å². The number of anilines is 1. The van der Waals surface area contributed by atoms with E-state index in [-0.39, 0.29) is 12.5 Å². The standard InChI is InChI=1S/C11H15BrN2O2/c1-7-9(5-8(12)6-10(7)13)11(16)14(2)3-4-15/h5-6,15H,3-4,13H2,1-2H3. The van der Waals surface area contributed by atoms with E-state index in [1.54, 1.807) is 19.2 Å². The van der Waals surface area contributed by atoms with Crippen LogP contribution < -0.4 is 5.73 Å². The largest absolute Gasteiger partial charge is 0.398 e. The molecule has 0 saturated carbocycles. The van der Waals surface area contributed by atoms with Crippen molar-refractivity contribution in [2.75, 3.05) is 25.9 Å². The molecule has 88 valence electrons. The van der Waals surface area contributed by atoms with Crippen molar-refractivity contribution in [2.24, 2.45) is 0 Å². The average molecular weight is 287 g/mol. The van der Waals surface area contributed by atoms with Gasteiger partial charge in [-0.15, -0.1) is 0 Å². The van der Waals surface area contributed by atoms with Crippen molar-refractivity contribution in [1.29, 1.82) is 0 Å². The van der Waals surface area contributed by atoms with Gasteiger partial charge in [0.15, 0.2) is 0 Å². The number of halogens is 1. The van der Waals surface area contributed by atoms with Crippen LogP contribution in [0.15, 0.2) is 16.6 Å². The number of rotatable bonds is 3. The first-order valence-electron chi connectivity index (χ1n) is 4.89. The van der Waals surface area contributed by atoms with Gasteiger partial charge in [0.25, 0.3) is 5.91 Å². The van der Waals surface area contributed by atoms with Crippen molar-refractivity contribution in [3.05, 3.63) is 27.7 Å². The summed E-state index contributed by atoms with van der Waals surface area (Å²) >= 11 is 3.30. The third-order valence-electron chi connectivity index (χ3n) is 2.43. The predicted molar refractivity (Wildman–Crippen MR) is 67.3 cm³/mol. The summed E-state index contributed by atoms with van der Waals surface area (Å²) in [4.78, 5) is 13.5. The number of hydrogen-bond donors (Lipinski definition) is 2. The van der Waals surface area contributed by atoms with E-state index in [0.29, 0.717) is 17.8 Å². The van der Waals surface area contributed by atoms with Crippen LogP contribution in [0.1, 0.15) is 15.9 Å². The number of carbonyl (C=O) groups is 1. The number of amides is 1. The summed E-state index contributed by atoms with van der Waals surface area (Å²) < 4.78 is 0.774. The lowest BCUT2D eigenvalue weighted by atomic mass is 10.1. The van der Waals surface area contributed by atoms with Gasteiger partial charge < -0.3 is 15.7 Å². The third-order valence-corrected chi connectivity index (χ3v) is 2.88. The number of nitrogen functional groups attached to an aromatic ring is 1. The zero-order valence-electron chi connectivity index (χ0n) is 9.33. The molecule has 0 aromatic heterocycles. The molecule has 0 aliphatic carbocycles. The highest BCUT2D eigenvalue weighted by molar-refractivity contribution is 9.10. The quantitative estimate of drug-likeness (QED) is 0.826. The van der Waals surface area contributed by atoms with Gasteiger partial charge in [0.1, 0.15) is 0 Å². The Bertz CT molecular complexity index is 407. The van der Waals surface area contributed by atoms with Crippen LogP contribution in [-0.4, -0.2) is 36.1 Å². The molecule has 1 aromatic rings. The van der Waals surface area contributed by atoms with Crippen LogP contribution in [0.25, 0.3) is 0 Å². The molecular formula is C11H15BrN2O2. The Kier molecular flexibility index (Phi) is 4.32. The Labute approximate surface area is 103 Å². The molecule has 0 spiro atoms. The number of carbonyl (C=O) groups excluding carboxylic acids is 1. The van der Waals surface area contributed by atoms with Crippen LogP contribution in [0, 0.1) is 6.92 Å². The third kappa shape index (κ3) is 2.74. The molecule has 0 fully saturated rings. The lowest BCUT2D eigenvalue weighted by Crippen LogP contribution is -2.30.